The fraction of sp³-hybridized carbons (Fsp3) is 0.476. The van der Waals surface area contributed by atoms with Gasteiger partial charge in [0.25, 0.3) is 5.56 Å². The predicted octanol–water partition coefficient (Wildman–Crippen LogP) is 1.81. The summed E-state index contributed by atoms with van der Waals surface area (Å²) in [5.74, 6) is 2.83. The average molecular weight is 395 g/mol. The van der Waals surface area contributed by atoms with Crippen LogP contribution in [-0.4, -0.2) is 50.9 Å². The Kier molecular flexibility index (Phi) is 4.81. The minimum Gasteiger partial charge on any atom is -0.497 e. The predicted molar refractivity (Wildman–Crippen MR) is 107 cm³/mol. The van der Waals surface area contributed by atoms with Gasteiger partial charge >= 0.3 is 0 Å². The molecule has 1 fully saturated rings. The average Bonchev–Trinajstić information content (AvgIpc) is 3.19. The lowest BCUT2D eigenvalue weighted by atomic mass is 10.00. The highest BCUT2D eigenvalue weighted by atomic mass is 16.5. The highest BCUT2D eigenvalue weighted by Gasteiger charge is 2.25. The molecule has 152 valence electrons. The third-order valence-corrected chi connectivity index (χ3v) is 5.91. The van der Waals surface area contributed by atoms with Crippen molar-refractivity contribution in [1.29, 1.82) is 0 Å². The van der Waals surface area contributed by atoms with Gasteiger partial charge in [-0.05, 0) is 30.5 Å². The van der Waals surface area contributed by atoms with E-state index >= 15 is 0 Å². The molecule has 3 aromatic rings. The lowest BCUT2D eigenvalue weighted by molar-refractivity contribution is 0.0832. The van der Waals surface area contributed by atoms with Crippen LogP contribution in [0, 0.1) is 0 Å². The van der Waals surface area contributed by atoms with Crippen molar-refractivity contribution in [2.24, 2.45) is 0 Å². The molecule has 0 aliphatic carbocycles. The van der Waals surface area contributed by atoms with E-state index in [0.717, 1.165) is 56.5 Å². The number of benzene rings is 1. The molecule has 1 saturated heterocycles. The molecule has 5 rings (SSSR count). The van der Waals surface area contributed by atoms with Gasteiger partial charge in [0.2, 0.25) is 0 Å². The van der Waals surface area contributed by atoms with Crippen LogP contribution >= 0.6 is 0 Å². The van der Waals surface area contributed by atoms with Crippen molar-refractivity contribution in [3.05, 3.63) is 58.0 Å². The molecule has 0 atom stereocenters. The molecule has 29 heavy (non-hydrogen) atoms. The van der Waals surface area contributed by atoms with E-state index < -0.39 is 0 Å². The van der Waals surface area contributed by atoms with Gasteiger partial charge in [-0.25, -0.2) is 9.50 Å². The van der Waals surface area contributed by atoms with E-state index in [1.807, 2.05) is 12.1 Å². The Morgan fingerprint density at radius 1 is 1.17 bits per heavy atom. The highest BCUT2D eigenvalue weighted by Crippen LogP contribution is 2.26. The van der Waals surface area contributed by atoms with Gasteiger partial charge in [-0.3, -0.25) is 14.3 Å². The molecule has 2 aliphatic heterocycles. The molecule has 0 spiro atoms. The molecule has 1 aromatic carbocycles. The van der Waals surface area contributed by atoms with Gasteiger partial charge in [-0.15, -0.1) is 0 Å². The molecule has 0 amide bonds. The quantitative estimate of drug-likeness (QED) is 0.671. The number of ether oxygens (including phenoxy) is 2. The van der Waals surface area contributed by atoms with Gasteiger partial charge in [-0.2, -0.15) is 5.10 Å². The number of hydrogen-bond donors (Lipinski definition) is 0. The first kappa shape index (κ1) is 18.3. The van der Waals surface area contributed by atoms with Gasteiger partial charge in [0.05, 0.1) is 19.9 Å². The minimum absolute atomic E-state index is 0.00454. The summed E-state index contributed by atoms with van der Waals surface area (Å²) in [4.78, 5) is 19.9. The van der Waals surface area contributed by atoms with Crippen molar-refractivity contribution < 1.29 is 9.47 Å². The zero-order valence-corrected chi connectivity index (χ0v) is 16.6. The second-order valence-electron chi connectivity index (χ2n) is 7.73. The van der Waals surface area contributed by atoms with Crippen LogP contribution in [0.1, 0.15) is 36.0 Å². The van der Waals surface area contributed by atoms with Crippen LogP contribution in [0.25, 0.3) is 5.52 Å². The minimum atomic E-state index is 0.00454. The largest absolute Gasteiger partial charge is 0.497 e. The van der Waals surface area contributed by atoms with Crippen molar-refractivity contribution in [1.82, 2.24) is 24.1 Å². The molecule has 0 radical (unpaired) electrons. The monoisotopic (exact) mass is 395 g/mol. The first-order valence-electron chi connectivity index (χ1n) is 10.1. The van der Waals surface area contributed by atoms with Gasteiger partial charge in [-0.1, -0.05) is 12.1 Å². The first-order chi connectivity index (χ1) is 14.2. The Hall–Kier alpha value is -2.71. The second kappa shape index (κ2) is 7.61. The van der Waals surface area contributed by atoms with Crippen molar-refractivity contribution in [3.63, 3.8) is 0 Å². The number of hydrogen-bond acceptors (Lipinski definition) is 6. The van der Waals surface area contributed by atoms with Crippen LogP contribution in [0.5, 0.6) is 5.75 Å². The summed E-state index contributed by atoms with van der Waals surface area (Å²) in [6, 6.07) is 8.11. The van der Waals surface area contributed by atoms with Crippen molar-refractivity contribution in [2.75, 3.05) is 26.9 Å². The first-order valence-corrected chi connectivity index (χ1v) is 10.1. The van der Waals surface area contributed by atoms with Crippen LogP contribution in [0.3, 0.4) is 0 Å². The van der Waals surface area contributed by atoms with Gasteiger partial charge in [0, 0.05) is 38.8 Å². The van der Waals surface area contributed by atoms with E-state index in [9.17, 15) is 4.79 Å². The molecular weight excluding hydrogens is 370 g/mol. The fourth-order valence-corrected chi connectivity index (χ4v) is 4.26. The van der Waals surface area contributed by atoms with Gasteiger partial charge in [0.15, 0.2) is 5.52 Å². The summed E-state index contributed by atoms with van der Waals surface area (Å²) in [5.41, 5.74) is 1.79. The highest BCUT2D eigenvalue weighted by molar-refractivity contribution is 5.43. The van der Waals surface area contributed by atoms with E-state index in [2.05, 4.69) is 22.0 Å². The van der Waals surface area contributed by atoms with Crippen LogP contribution in [0.2, 0.25) is 0 Å². The Bertz CT molecular complexity index is 1070. The molecule has 8 heteroatoms. The Morgan fingerprint density at radius 3 is 2.72 bits per heavy atom. The maximum absolute atomic E-state index is 13.0. The maximum Gasteiger partial charge on any atom is 0.279 e. The Morgan fingerprint density at radius 2 is 1.97 bits per heavy atom. The molecule has 0 unspecified atom stereocenters. The number of methoxy groups -OCH3 is 1. The number of nitrogens with zero attached hydrogens (tertiary/aromatic N) is 5. The number of imidazole rings is 1. The smallest absolute Gasteiger partial charge is 0.279 e. The van der Waals surface area contributed by atoms with E-state index in [0.29, 0.717) is 24.5 Å². The van der Waals surface area contributed by atoms with E-state index in [1.54, 1.807) is 22.4 Å². The number of aromatic nitrogens is 4. The standard InChI is InChI=1S/C21H25N5O3/c1-28-17-4-2-15(3-5-17)13-24-8-9-25-19(14-24)23-26-18(21(25)27)12-22-20(26)16-6-10-29-11-7-16/h2-5,12,16H,6-11,13-14H2,1H3. The zero-order valence-electron chi connectivity index (χ0n) is 16.6. The molecule has 0 bridgehead atoms. The Balaban J connectivity index is 1.43. The van der Waals surface area contributed by atoms with Crippen molar-refractivity contribution in [3.8, 4) is 5.75 Å². The van der Waals surface area contributed by atoms with Gasteiger partial charge in [0.1, 0.15) is 17.4 Å². The Labute approximate surface area is 168 Å². The topological polar surface area (TPSA) is 73.9 Å². The van der Waals surface area contributed by atoms with E-state index in [-0.39, 0.29) is 5.56 Å². The van der Waals surface area contributed by atoms with Crippen molar-refractivity contribution in [2.45, 2.75) is 38.4 Å². The SMILES string of the molecule is COc1ccc(CN2CCn3c(nn4c(C5CCOCC5)ncc4c3=O)C2)cc1. The number of fused-ring (bicyclic) bond motifs is 2. The summed E-state index contributed by atoms with van der Waals surface area (Å²) in [5, 5.41) is 4.85. The van der Waals surface area contributed by atoms with Crippen molar-refractivity contribution >= 4 is 5.52 Å². The second-order valence-corrected chi connectivity index (χ2v) is 7.73. The molecule has 2 aliphatic rings. The van der Waals surface area contributed by atoms with E-state index in [1.165, 1.54) is 5.56 Å². The molecule has 0 saturated carbocycles. The van der Waals surface area contributed by atoms with Crippen LogP contribution in [0.4, 0.5) is 0 Å². The number of rotatable bonds is 4. The lowest BCUT2D eigenvalue weighted by Gasteiger charge is -2.29. The summed E-state index contributed by atoms with van der Waals surface area (Å²) in [6.07, 6.45) is 3.52. The molecule has 2 aromatic heterocycles. The van der Waals surface area contributed by atoms with Crippen LogP contribution < -0.4 is 10.3 Å². The molecule has 4 heterocycles. The maximum atomic E-state index is 13.0. The fourth-order valence-electron chi connectivity index (χ4n) is 4.26. The molecular formula is C21H25N5O3. The zero-order chi connectivity index (χ0) is 19.8. The van der Waals surface area contributed by atoms with Crippen LogP contribution in [-0.2, 0) is 24.4 Å². The van der Waals surface area contributed by atoms with Crippen LogP contribution in [0.15, 0.2) is 35.3 Å². The lowest BCUT2D eigenvalue weighted by Crippen LogP contribution is -2.40. The summed E-state index contributed by atoms with van der Waals surface area (Å²) in [7, 11) is 1.67. The molecule has 8 nitrogen and oxygen atoms in total. The van der Waals surface area contributed by atoms with Gasteiger partial charge < -0.3 is 9.47 Å². The van der Waals surface area contributed by atoms with E-state index in [4.69, 9.17) is 14.6 Å². The summed E-state index contributed by atoms with van der Waals surface area (Å²) in [6.45, 7) is 4.39. The molecule has 0 N–H and O–H groups in total. The third-order valence-electron chi connectivity index (χ3n) is 5.91. The summed E-state index contributed by atoms with van der Waals surface area (Å²) < 4.78 is 14.3. The normalized spacial score (nSPS) is 18.1. The third kappa shape index (κ3) is 3.42. The summed E-state index contributed by atoms with van der Waals surface area (Å²) >= 11 is 0.